The zero-order valence-electron chi connectivity index (χ0n) is 36.4. The minimum absolute atomic E-state index is 0.102. The van der Waals surface area contributed by atoms with Crippen molar-refractivity contribution < 1.29 is 77.5 Å². The summed E-state index contributed by atoms with van der Waals surface area (Å²) in [6.45, 7) is 11.8. The number of carbonyl (C=O) groups excluding carboxylic acids is 4. The summed E-state index contributed by atoms with van der Waals surface area (Å²) in [6.07, 6.45) is 4.55. The summed E-state index contributed by atoms with van der Waals surface area (Å²) in [6, 6.07) is 22.1. The first kappa shape index (κ1) is 51.7. The molecule has 0 bridgehead atoms. The molecule has 1 aliphatic rings. The van der Waals surface area contributed by atoms with Gasteiger partial charge in [0.05, 0.1) is 5.76 Å². The molecule has 5 atom stereocenters. The predicted octanol–water partition coefficient (Wildman–Crippen LogP) is 4.72. The average Bonchev–Trinajstić information content (AvgIpc) is 3.35. The maximum atomic E-state index is 11.5. The first-order chi connectivity index (χ1) is 31.8. The zero-order chi connectivity index (χ0) is 47.8. The molecule has 0 spiro atoms. The Morgan fingerprint density at radius 1 is 0.424 bits per heavy atom. The average molecular weight is 913 g/mol. The molecule has 4 rings (SSSR count). The molecule has 3 aromatic carbocycles. The number of ether oxygens (including phenoxy) is 8. The van der Waals surface area contributed by atoms with Gasteiger partial charge in [-0.2, -0.15) is 0 Å². The van der Waals surface area contributed by atoms with Crippen LogP contribution in [0, 0.1) is 0 Å². The fraction of sp³-hybridized carbons (Fsp3) is 0.320. The van der Waals surface area contributed by atoms with Crippen LogP contribution in [-0.2, 0) is 42.9 Å². The number of rotatable bonds is 29. The van der Waals surface area contributed by atoms with Gasteiger partial charge in [0.25, 0.3) is 0 Å². The molecule has 16 nitrogen and oxygen atoms in total. The van der Waals surface area contributed by atoms with Gasteiger partial charge >= 0.3 is 23.9 Å². The van der Waals surface area contributed by atoms with Crippen molar-refractivity contribution in [2.75, 3.05) is 52.9 Å². The number of hydrogen-bond acceptors (Lipinski definition) is 16. The fourth-order valence-electron chi connectivity index (χ4n) is 6.45. The number of hydrogen-bond donors (Lipinski definition) is 4. The van der Waals surface area contributed by atoms with Crippen molar-refractivity contribution in [3.63, 3.8) is 0 Å². The highest BCUT2D eigenvalue weighted by Crippen LogP contribution is 2.46. The van der Waals surface area contributed by atoms with Gasteiger partial charge in [0.15, 0.2) is 0 Å². The van der Waals surface area contributed by atoms with Crippen LogP contribution < -0.4 is 14.2 Å². The monoisotopic (exact) mass is 912 g/mol. The Hall–Kier alpha value is -6.98. The van der Waals surface area contributed by atoms with E-state index in [2.05, 4.69) is 26.3 Å². The molecular formula is C50H56O16. The quantitative estimate of drug-likeness (QED) is 0.0420. The van der Waals surface area contributed by atoms with Crippen molar-refractivity contribution in [2.24, 2.45) is 0 Å². The molecule has 0 aromatic heterocycles. The van der Waals surface area contributed by atoms with Crippen molar-refractivity contribution in [3.8, 4) is 17.2 Å². The van der Waals surface area contributed by atoms with E-state index < -0.39 is 48.3 Å². The van der Waals surface area contributed by atoms with Gasteiger partial charge in [-0.1, -0.05) is 74.4 Å². The van der Waals surface area contributed by atoms with Crippen LogP contribution in [0.15, 0.2) is 147 Å². The van der Waals surface area contributed by atoms with Gasteiger partial charge in [-0.25, -0.2) is 19.2 Å². The van der Waals surface area contributed by atoms with E-state index in [1.165, 1.54) is 0 Å². The van der Waals surface area contributed by atoms with Gasteiger partial charge in [-0.05, 0) is 65.6 Å². The molecule has 0 saturated heterocycles. The second-order valence-corrected chi connectivity index (χ2v) is 14.7. The van der Waals surface area contributed by atoms with E-state index in [1.807, 2.05) is 48.6 Å². The first-order valence-electron chi connectivity index (χ1n) is 20.9. The smallest absolute Gasteiger partial charge is 0.330 e. The first-order valence-corrected chi connectivity index (χ1v) is 20.9. The molecule has 3 aromatic rings. The largest absolute Gasteiger partial charge is 0.495 e. The Bertz CT molecular complexity index is 2060. The van der Waals surface area contributed by atoms with Crippen molar-refractivity contribution in [1.82, 2.24) is 0 Å². The maximum Gasteiger partial charge on any atom is 0.330 e. The molecule has 16 heteroatoms. The van der Waals surface area contributed by atoms with Gasteiger partial charge in [-0.15, -0.1) is 0 Å². The van der Waals surface area contributed by atoms with E-state index in [9.17, 15) is 39.6 Å². The third-order valence-electron chi connectivity index (χ3n) is 9.72. The van der Waals surface area contributed by atoms with E-state index in [0.29, 0.717) is 35.8 Å². The van der Waals surface area contributed by atoms with E-state index in [1.54, 1.807) is 36.4 Å². The predicted molar refractivity (Wildman–Crippen MR) is 240 cm³/mol. The van der Waals surface area contributed by atoms with Gasteiger partial charge in [0, 0.05) is 42.6 Å². The topological polar surface area (TPSA) is 223 Å². The highest BCUT2D eigenvalue weighted by molar-refractivity contribution is 5.82. The number of aliphatic hydroxyl groups excluding tert-OH is 4. The Morgan fingerprint density at radius 2 is 0.727 bits per heavy atom. The lowest BCUT2D eigenvalue weighted by Crippen LogP contribution is -2.25. The van der Waals surface area contributed by atoms with Crippen LogP contribution in [0.5, 0.6) is 17.2 Å². The molecule has 0 amide bonds. The molecule has 0 radical (unpaired) electrons. The van der Waals surface area contributed by atoms with Gasteiger partial charge in [0.1, 0.15) is 94.5 Å². The molecule has 1 aliphatic carbocycles. The molecule has 0 heterocycles. The number of benzene rings is 3. The maximum absolute atomic E-state index is 11.5. The van der Waals surface area contributed by atoms with E-state index >= 15 is 0 Å². The molecule has 5 unspecified atom stereocenters. The normalized spacial score (nSPS) is 14.7. The van der Waals surface area contributed by atoms with Gasteiger partial charge < -0.3 is 58.3 Å². The molecule has 4 N–H and O–H groups in total. The van der Waals surface area contributed by atoms with Gasteiger partial charge in [-0.3, -0.25) is 0 Å². The molecule has 66 heavy (non-hydrogen) atoms. The lowest BCUT2D eigenvalue weighted by molar-refractivity contribution is -0.142. The van der Waals surface area contributed by atoms with Crippen LogP contribution >= 0.6 is 0 Å². The van der Waals surface area contributed by atoms with Crippen molar-refractivity contribution in [3.05, 3.63) is 164 Å². The Morgan fingerprint density at radius 3 is 1.02 bits per heavy atom. The van der Waals surface area contributed by atoms with Crippen LogP contribution in [0.3, 0.4) is 0 Å². The Labute approximate surface area is 383 Å². The summed E-state index contributed by atoms with van der Waals surface area (Å²) in [4.78, 5) is 45.8. The van der Waals surface area contributed by atoms with E-state index in [-0.39, 0.29) is 64.7 Å². The van der Waals surface area contributed by atoms with Crippen LogP contribution in [-0.4, -0.2) is 122 Å². The third kappa shape index (κ3) is 17.5. The zero-order valence-corrected chi connectivity index (χ0v) is 36.4. The number of aliphatic hydroxyl groups is 4. The summed E-state index contributed by atoms with van der Waals surface area (Å²) < 4.78 is 43.1. The summed E-state index contributed by atoms with van der Waals surface area (Å²) >= 11 is 0. The molecule has 0 aliphatic heterocycles. The SMILES string of the molecule is C=CC(=O)OCC(O)COC1=CC=C(C(c2ccc(OCC(O)COC(=O)C=C)cc2)C(c2ccc(OCC(O)COC(=O)C=C)cc2)c2ccc(OCC(O)COC(=O)C=C)cc2)CC1. The van der Waals surface area contributed by atoms with Crippen LogP contribution in [0.25, 0.3) is 0 Å². The lowest BCUT2D eigenvalue weighted by atomic mass is 9.71. The highest BCUT2D eigenvalue weighted by Gasteiger charge is 2.31. The molecule has 0 saturated carbocycles. The molecule has 0 fully saturated rings. The summed E-state index contributed by atoms with van der Waals surface area (Å²) in [5, 5.41) is 41.3. The highest BCUT2D eigenvalue weighted by atomic mass is 16.6. The van der Waals surface area contributed by atoms with Crippen molar-refractivity contribution >= 4 is 23.9 Å². The fourth-order valence-corrected chi connectivity index (χ4v) is 6.45. The summed E-state index contributed by atoms with van der Waals surface area (Å²) in [7, 11) is 0. The standard InChI is InChI=1S/C50H56O16/c1-5-45(55)63-29-37(51)25-59-41-17-9-33(10-18-41)49(34-11-19-42(20-12-34)60-26-38(52)30-64-46(56)6-2)50(35-13-21-43(22-14-35)61-27-39(53)31-65-47(57)7-3)36-15-23-44(24-16-36)62-28-40(54)32-66-48(58)8-4/h5-15,17-23,37-40,49-54H,1-4,16,24-32H2. The molecule has 352 valence electrons. The molecular weight excluding hydrogens is 857 g/mol. The second kappa shape index (κ2) is 27.4. The van der Waals surface area contributed by atoms with Crippen molar-refractivity contribution in [2.45, 2.75) is 49.1 Å². The number of allylic oxidation sites excluding steroid dienone is 4. The van der Waals surface area contributed by atoms with Gasteiger partial charge in [0.2, 0.25) is 0 Å². The second-order valence-electron chi connectivity index (χ2n) is 14.7. The number of esters is 4. The lowest BCUT2D eigenvalue weighted by Gasteiger charge is -2.33. The minimum atomic E-state index is -1.09. The van der Waals surface area contributed by atoms with E-state index in [4.69, 9.17) is 37.9 Å². The van der Waals surface area contributed by atoms with Crippen LogP contribution in [0.4, 0.5) is 0 Å². The summed E-state index contributed by atoms with van der Waals surface area (Å²) in [5.41, 5.74) is 3.67. The van der Waals surface area contributed by atoms with Crippen LogP contribution in [0.2, 0.25) is 0 Å². The number of carbonyl (C=O) groups is 4. The minimum Gasteiger partial charge on any atom is -0.495 e. The summed E-state index contributed by atoms with van der Waals surface area (Å²) in [5.74, 6) is -1.35. The van der Waals surface area contributed by atoms with Crippen LogP contribution in [0.1, 0.15) is 41.4 Å². The Balaban J connectivity index is 1.69. The Kier molecular flexibility index (Phi) is 21.4. The van der Waals surface area contributed by atoms with Crippen molar-refractivity contribution in [1.29, 1.82) is 0 Å². The van der Waals surface area contributed by atoms with E-state index in [0.717, 1.165) is 46.6 Å². The third-order valence-corrected chi connectivity index (χ3v) is 9.72.